The fraction of sp³-hybridized carbons (Fsp3) is 0.391. The second-order valence-corrected chi connectivity index (χ2v) is 8.63. The van der Waals surface area contributed by atoms with Gasteiger partial charge in [-0.25, -0.2) is 0 Å². The summed E-state index contributed by atoms with van der Waals surface area (Å²) in [5.74, 6) is 2.05. The Kier molecular flexibility index (Phi) is 8.46. The highest BCUT2D eigenvalue weighted by molar-refractivity contribution is 7.99. The minimum absolute atomic E-state index is 0.0290. The van der Waals surface area contributed by atoms with Crippen molar-refractivity contribution >= 4 is 35.2 Å². The molecule has 0 atom stereocenters. The molecular formula is C23H27ClN2O3S. The van der Waals surface area contributed by atoms with Crippen molar-refractivity contribution < 1.29 is 14.3 Å². The second-order valence-electron chi connectivity index (χ2n) is 7.21. The first-order valence-electron chi connectivity index (χ1n) is 10.2. The number of hydrogen-bond acceptors (Lipinski definition) is 4. The van der Waals surface area contributed by atoms with Crippen molar-refractivity contribution in [3.8, 4) is 5.75 Å². The van der Waals surface area contributed by atoms with Crippen molar-refractivity contribution in [3.63, 3.8) is 0 Å². The predicted molar refractivity (Wildman–Crippen MR) is 122 cm³/mol. The summed E-state index contributed by atoms with van der Waals surface area (Å²) in [6.45, 7) is 3.83. The van der Waals surface area contributed by atoms with E-state index < -0.39 is 0 Å². The zero-order valence-corrected chi connectivity index (χ0v) is 18.7. The van der Waals surface area contributed by atoms with Crippen molar-refractivity contribution in [1.82, 2.24) is 10.2 Å². The smallest absolute Gasteiger partial charge is 0.253 e. The summed E-state index contributed by atoms with van der Waals surface area (Å²) < 4.78 is 5.42. The van der Waals surface area contributed by atoms with Gasteiger partial charge in [0, 0.05) is 35.5 Å². The molecule has 2 amide bonds. The van der Waals surface area contributed by atoms with Crippen LogP contribution in [-0.4, -0.2) is 48.2 Å². The number of ether oxygens (including phenoxy) is 1. The highest BCUT2D eigenvalue weighted by Gasteiger charge is 2.24. The molecule has 0 spiro atoms. The van der Waals surface area contributed by atoms with Gasteiger partial charge in [-0.2, -0.15) is 0 Å². The molecule has 1 N–H and O–H groups in total. The van der Waals surface area contributed by atoms with Crippen LogP contribution in [0.5, 0.6) is 5.75 Å². The lowest BCUT2D eigenvalue weighted by Gasteiger charge is -2.32. The van der Waals surface area contributed by atoms with E-state index in [9.17, 15) is 9.59 Å². The van der Waals surface area contributed by atoms with Gasteiger partial charge in [-0.15, -0.1) is 11.8 Å². The van der Waals surface area contributed by atoms with Crippen LogP contribution in [0.25, 0.3) is 0 Å². The summed E-state index contributed by atoms with van der Waals surface area (Å²) in [7, 11) is 0. The van der Waals surface area contributed by atoms with E-state index in [1.807, 2.05) is 48.2 Å². The van der Waals surface area contributed by atoms with Crippen molar-refractivity contribution in [1.29, 1.82) is 0 Å². The fourth-order valence-corrected chi connectivity index (χ4v) is 4.31. The lowest BCUT2D eigenvalue weighted by molar-refractivity contribution is -0.119. The molecule has 30 heavy (non-hydrogen) atoms. The van der Waals surface area contributed by atoms with E-state index in [1.165, 1.54) is 0 Å². The Morgan fingerprint density at radius 2 is 1.77 bits per heavy atom. The molecule has 1 aliphatic rings. The number of carbonyl (C=O) groups is 2. The minimum Gasteiger partial charge on any atom is -0.494 e. The van der Waals surface area contributed by atoms with Crippen LogP contribution in [-0.2, 0) is 10.5 Å². The summed E-state index contributed by atoms with van der Waals surface area (Å²) >= 11 is 7.47. The molecule has 0 saturated carbocycles. The third-order valence-electron chi connectivity index (χ3n) is 4.97. The number of thioether (sulfide) groups is 1. The van der Waals surface area contributed by atoms with E-state index in [2.05, 4.69) is 5.32 Å². The van der Waals surface area contributed by atoms with E-state index in [0.29, 0.717) is 36.0 Å². The van der Waals surface area contributed by atoms with Crippen LogP contribution in [0.3, 0.4) is 0 Å². The molecule has 0 bridgehead atoms. The first-order chi connectivity index (χ1) is 14.5. The van der Waals surface area contributed by atoms with Gasteiger partial charge in [-0.1, -0.05) is 23.7 Å². The van der Waals surface area contributed by atoms with Gasteiger partial charge in [-0.3, -0.25) is 9.59 Å². The number of rotatable bonds is 8. The van der Waals surface area contributed by atoms with Gasteiger partial charge in [0.1, 0.15) is 5.75 Å². The van der Waals surface area contributed by atoms with Crippen molar-refractivity contribution in [3.05, 3.63) is 64.7 Å². The summed E-state index contributed by atoms with van der Waals surface area (Å²) in [5, 5.41) is 3.82. The summed E-state index contributed by atoms with van der Waals surface area (Å²) in [4.78, 5) is 26.8. The van der Waals surface area contributed by atoms with E-state index in [4.69, 9.17) is 16.3 Å². The maximum atomic E-state index is 12.7. The molecule has 2 aromatic rings. The average molecular weight is 447 g/mol. The van der Waals surface area contributed by atoms with Gasteiger partial charge in [0.2, 0.25) is 5.91 Å². The van der Waals surface area contributed by atoms with Crippen molar-refractivity contribution in [2.75, 3.05) is 25.4 Å². The number of likely N-dealkylation sites (tertiary alicyclic amines) is 1. The largest absolute Gasteiger partial charge is 0.494 e. The van der Waals surface area contributed by atoms with Crippen molar-refractivity contribution in [2.24, 2.45) is 0 Å². The highest BCUT2D eigenvalue weighted by Crippen LogP contribution is 2.18. The van der Waals surface area contributed by atoms with Gasteiger partial charge in [0.25, 0.3) is 5.91 Å². The van der Waals surface area contributed by atoms with Gasteiger partial charge in [-0.05, 0) is 61.7 Å². The Balaban J connectivity index is 1.37. The number of hydrogen-bond donors (Lipinski definition) is 1. The number of nitrogens with zero attached hydrogens (tertiary/aromatic N) is 1. The van der Waals surface area contributed by atoms with Gasteiger partial charge >= 0.3 is 0 Å². The average Bonchev–Trinajstić information content (AvgIpc) is 2.76. The molecule has 1 fully saturated rings. The zero-order valence-electron chi connectivity index (χ0n) is 17.1. The molecule has 7 heteroatoms. The Hall–Kier alpha value is -2.18. The molecule has 0 unspecified atom stereocenters. The van der Waals surface area contributed by atoms with Crippen LogP contribution in [0, 0.1) is 0 Å². The minimum atomic E-state index is 0.0290. The SMILES string of the molecule is CCOc1ccc(C(=O)N2CCC(NC(=O)CSCc3ccc(Cl)cc3)CC2)cc1. The highest BCUT2D eigenvalue weighted by atomic mass is 35.5. The molecule has 0 radical (unpaired) electrons. The standard InChI is InChI=1S/C23H27ClN2O3S/c1-2-29-21-9-5-18(6-10-21)23(28)26-13-11-20(12-14-26)25-22(27)16-30-15-17-3-7-19(24)8-4-17/h3-10,20H,2,11-16H2,1H3,(H,25,27). The first kappa shape index (κ1) is 22.5. The van der Waals surface area contributed by atoms with Gasteiger partial charge in [0.15, 0.2) is 0 Å². The molecule has 5 nitrogen and oxygen atoms in total. The van der Waals surface area contributed by atoms with E-state index in [0.717, 1.165) is 29.9 Å². The molecular weight excluding hydrogens is 420 g/mol. The number of benzene rings is 2. The summed E-state index contributed by atoms with van der Waals surface area (Å²) in [6, 6.07) is 15.1. The molecule has 2 aromatic carbocycles. The molecule has 1 saturated heterocycles. The van der Waals surface area contributed by atoms with Gasteiger partial charge in [0.05, 0.1) is 12.4 Å². The topological polar surface area (TPSA) is 58.6 Å². The lowest BCUT2D eigenvalue weighted by atomic mass is 10.0. The van der Waals surface area contributed by atoms with Gasteiger partial charge < -0.3 is 15.0 Å². The number of halogens is 1. The molecule has 3 rings (SSSR count). The number of amides is 2. The second kappa shape index (κ2) is 11.3. The number of piperidine rings is 1. The van der Waals surface area contributed by atoms with Crippen LogP contribution < -0.4 is 10.1 Å². The van der Waals surface area contributed by atoms with Crippen LogP contribution in [0.1, 0.15) is 35.7 Å². The van der Waals surface area contributed by atoms with E-state index >= 15 is 0 Å². The normalized spacial score (nSPS) is 14.4. The summed E-state index contributed by atoms with van der Waals surface area (Å²) in [5.41, 5.74) is 1.82. The first-order valence-corrected chi connectivity index (χ1v) is 11.7. The van der Waals surface area contributed by atoms with E-state index in [-0.39, 0.29) is 17.9 Å². The van der Waals surface area contributed by atoms with Crippen LogP contribution >= 0.6 is 23.4 Å². The summed E-state index contributed by atoms with van der Waals surface area (Å²) in [6.07, 6.45) is 1.55. The lowest BCUT2D eigenvalue weighted by Crippen LogP contribution is -2.47. The monoisotopic (exact) mass is 446 g/mol. The molecule has 0 aliphatic carbocycles. The number of carbonyl (C=O) groups excluding carboxylic acids is 2. The van der Waals surface area contributed by atoms with Crippen molar-refractivity contribution in [2.45, 2.75) is 31.6 Å². The Labute approximate surface area is 187 Å². The molecule has 1 heterocycles. The van der Waals surface area contributed by atoms with Crippen LogP contribution in [0.2, 0.25) is 5.02 Å². The zero-order chi connectivity index (χ0) is 21.3. The Morgan fingerprint density at radius 1 is 1.10 bits per heavy atom. The maximum Gasteiger partial charge on any atom is 0.253 e. The molecule has 1 aliphatic heterocycles. The van der Waals surface area contributed by atoms with Crippen LogP contribution in [0.4, 0.5) is 0 Å². The third kappa shape index (κ3) is 6.67. The van der Waals surface area contributed by atoms with Crippen LogP contribution in [0.15, 0.2) is 48.5 Å². The third-order valence-corrected chi connectivity index (χ3v) is 6.23. The Morgan fingerprint density at radius 3 is 2.40 bits per heavy atom. The fourth-order valence-electron chi connectivity index (χ4n) is 3.38. The Bertz CT molecular complexity index is 835. The molecule has 0 aromatic heterocycles. The maximum absolute atomic E-state index is 12.7. The predicted octanol–water partition coefficient (Wildman–Crippen LogP) is 4.39. The van der Waals surface area contributed by atoms with E-state index in [1.54, 1.807) is 23.9 Å². The molecule has 160 valence electrons. The number of nitrogens with one attached hydrogen (secondary N) is 1. The quantitative estimate of drug-likeness (QED) is 0.653.